The Morgan fingerprint density at radius 1 is 0.800 bits per heavy atom. The van der Waals surface area contributed by atoms with E-state index < -0.39 is 41.3 Å². The number of aromatic nitrogens is 2. The molecule has 5 heterocycles. The average molecular weight is 885 g/mol. The second-order valence-electron chi connectivity index (χ2n) is 17.6. The minimum atomic E-state index is -1.03. The van der Waals surface area contributed by atoms with Gasteiger partial charge in [0.25, 0.3) is 17.7 Å². The van der Waals surface area contributed by atoms with Crippen LogP contribution in [0.1, 0.15) is 92.2 Å². The van der Waals surface area contributed by atoms with Crippen LogP contribution in [0.4, 0.5) is 26.0 Å². The van der Waals surface area contributed by atoms with Gasteiger partial charge in [-0.2, -0.15) is 5.10 Å². The van der Waals surface area contributed by atoms with Gasteiger partial charge in [-0.15, -0.1) is 0 Å². The van der Waals surface area contributed by atoms with Crippen molar-refractivity contribution < 1.29 is 42.3 Å². The highest BCUT2D eigenvalue weighted by atomic mass is 19.1. The molecule has 6 amide bonds. The molecule has 3 saturated heterocycles. The highest BCUT2D eigenvalue weighted by Gasteiger charge is 2.46. The highest BCUT2D eigenvalue weighted by Crippen LogP contribution is 2.44. The molecule has 1 atom stereocenters. The smallest absolute Gasteiger partial charge is 0.262 e. The fourth-order valence-corrected chi connectivity index (χ4v) is 9.78. The van der Waals surface area contributed by atoms with Gasteiger partial charge in [0.05, 0.1) is 22.2 Å². The van der Waals surface area contributed by atoms with Crippen LogP contribution in [0.25, 0.3) is 10.9 Å². The van der Waals surface area contributed by atoms with Crippen LogP contribution in [0.15, 0.2) is 72.8 Å². The van der Waals surface area contributed by atoms with Crippen LogP contribution in [0.2, 0.25) is 0 Å². The molecule has 65 heavy (non-hydrogen) atoms. The van der Waals surface area contributed by atoms with Gasteiger partial charge in [0.15, 0.2) is 5.82 Å². The fraction of sp³-hybridized carbons (Fsp3) is 0.354. The molecule has 0 spiro atoms. The van der Waals surface area contributed by atoms with Gasteiger partial charge in [0.1, 0.15) is 17.7 Å². The van der Waals surface area contributed by atoms with Gasteiger partial charge < -0.3 is 25.2 Å². The quantitative estimate of drug-likeness (QED) is 0.130. The first-order chi connectivity index (χ1) is 31.4. The summed E-state index contributed by atoms with van der Waals surface area (Å²) < 4.78 is 33.4. The molecule has 17 heteroatoms. The molecule has 1 unspecified atom stereocenters. The Morgan fingerprint density at radius 2 is 1.55 bits per heavy atom. The molecule has 4 aromatic carbocycles. The first-order valence-corrected chi connectivity index (χ1v) is 22.1. The number of amides is 6. The number of ether oxygens (including phenoxy) is 1. The van der Waals surface area contributed by atoms with Crippen LogP contribution >= 0.6 is 0 Å². The summed E-state index contributed by atoms with van der Waals surface area (Å²) in [4.78, 5) is 83.5. The standard InChI is InChI=1S/C48H46F2N8O7/c49-31-18-27(19-32(50)24-31)17-26-1-6-39-38(20-26)43(55-54-39)53-44(60)36-5-3-34(25-40(36)51-33-9-15-65-16-10-33)56-11-13-57(14-12-56)46(62)30-21-29(22-30)28-2-4-35-37(23-28)48(64)58(47(35)63)41-7-8-42(59)52-45(41)61/h1-6,18-20,23-25,29-30,33,41,51H,7-17,21-22H2,(H,52,59,61)(H2,53,54,55,60). The van der Waals surface area contributed by atoms with Crippen molar-refractivity contribution in [2.45, 2.75) is 62.9 Å². The van der Waals surface area contributed by atoms with Gasteiger partial charge in [-0.3, -0.25) is 44.1 Å². The molecule has 0 radical (unpaired) electrons. The van der Waals surface area contributed by atoms with Crippen LogP contribution in [0.5, 0.6) is 0 Å². The Balaban J connectivity index is 0.778. The van der Waals surface area contributed by atoms with Gasteiger partial charge in [0, 0.05) is 80.6 Å². The number of imide groups is 2. The summed E-state index contributed by atoms with van der Waals surface area (Å²) in [6.45, 7) is 3.47. The van der Waals surface area contributed by atoms with Gasteiger partial charge in [-0.1, -0.05) is 12.1 Å². The molecule has 5 aliphatic rings. The maximum absolute atomic E-state index is 14.0. The van der Waals surface area contributed by atoms with Gasteiger partial charge >= 0.3 is 0 Å². The zero-order valence-electron chi connectivity index (χ0n) is 35.3. The van der Waals surface area contributed by atoms with Crippen molar-refractivity contribution in [3.05, 3.63) is 118 Å². The van der Waals surface area contributed by atoms with Crippen molar-refractivity contribution in [1.29, 1.82) is 0 Å². The lowest BCUT2D eigenvalue weighted by Crippen LogP contribution is -2.54. The molecule has 4 aliphatic heterocycles. The van der Waals surface area contributed by atoms with Crippen molar-refractivity contribution in [3.8, 4) is 0 Å². The van der Waals surface area contributed by atoms with Gasteiger partial charge in [-0.25, -0.2) is 8.78 Å². The summed E-state index contributed by atoms with van der Waals surface area (Å²) in [5.41, 5.74) is 5.32. The molecule has 15 nitrogen and oxygen atoms in total. The molecule has 1 saturated carbocycles. The molecule has 5 aromatic rings. The molecule has 4 fully saturated rings. The van der Waals surface area contributed by atoms with Crippen LogP contribution in [0, 0.1) is 17.6 Å². The number of hydrogen-bond donors (Lipinski definition) is 4. The molecule has 10 rings (SSSR count). The van der Waals surface area contributed by atoms with E-state index in [1.807, 2.05) is 41.3 Å². The second-order valence-corrected chi connectivity index (χ2v) is 17.6. The second kappa shape index (κ2) is 17.2. The number of rotatable bonds is 10. The largest absolute Gasteiger partial charge is 0.381 e. The summed E-state index contributed by atoms with van der Waals surface area (Å²) in [5, 5.41) is 16.8. The summed E-state index contributed by atoms with van der Waals surface area (Å²) >= 11 is 0. The van der Waals surface area contributed by atoms with Crippen LogP contribution in [-0.2, 0) is 25.5 Å². The van der Waals surface area contributed by atoms with Crippen molar-refractivity contribution in [3.63, 3.8) is 0 Å². The molecule has 4 N–H and O–H groups in total. The van der Waals surface area contributed by atoms with Crippen molar-refractivity contribution in [2.75, 3.05) is 54.9 Å². The predicted molar refractivity (Wildman–Crippen MR) is 234 cm³/mol. The fourth-order valence-electron chi connectivity index (χ4n) is 9.78. The highest BCUT2D eigenvalue weighted by molar-refractivity contribution is 6.23. The average Bonchev–Trinajstić information content (AvgIpc) is 3.78. The Morgan fingerprint density at radius 3 is 2.31 bits per heavy atom. The Bertz CT molecular complexity index is 2750. The number of aromatic amines is 1. The minimum absolute atomic E-state index is 0.0450. The molecular formula is C48H46F2N8O7. The third-order valence-corrected chi connectivity index (χ3v) is 13.4. The molecule has 1 aromatic heterocycles. The third-order valence-electron chi connectivity index (χ3n) is 13.4. The van der Waals surface area contributed by atoms with Gasteiger partial charge in [0.2, 0.25) is 17.7 Å². The monoisotopic (exact) mass is 884 g/mol. The summed E-state index contributed by atoms with van der Waals surface area (Å²) in [5.74, 6) is -3.53. The Labute approximate surface area is 371 Å². The molecular weight excluding hydrogens is 839 g/mol. The number of piperazine rings is 1. The van der Waals surface area contributed by atoms with E-state index in [4.69, 9.17) is 4.74 Å². The van der Waals surface area contributed by atoms with E-state index in [0.717, 1.165) is 40.6 Å². The number of nitrogens with one attached hydrogen (secondary N) is 4. The lowest BCUT2D eigenvalue weighted by molar-refractivity contribution is -0.139. The SMILES string of the molecule is O=C1CCC(N2C(=O)c3ccc(C4CC(C(=O)N5CCN(c6ccc(C(=O)Nc7n[nH]c8ccc(Cc9cc(F)cc(F)c9)cc78)c(NC7CCOCC7)c6)CC5)C4)cc3C2=O)C(=O)N1. The predicted octanol–water partition coefficient (Wildman–Crippen LogP) is 5.52. The number of fused-ring (bicyclic) bond motifs is 2. The summed E-state index contributed by atoms with van der Waals surface area (Å²) in [7, 11) is 0. The van der Waals surface area contributed by atoms with Crippen LogP contribution in [-0.4, -0.2) is 107 Å². The first kappa shape index (κ1) is 42.0. The zero-order valence-corrected chi connectivity index (χ0v) is 35.3. The zero-order chi connectivity index (χ0) is 44.9. The van der Waals surface area contributed by atoms with Crippen molar-refractivity contribution in [2.24, 2.45) is 5.92 Å². The van der Waals surface area contributed by atoms with E-state index in [1.54, 1.807) is 18.2 Å². The van der Waals surface area contributed by atoms with E-state index >= 15 is 0 Å². The summed E-state index contributed by atoms with van der Waals surface area (Å²) in [6, 6.07) is 18.9. The lowest BCUT2D eigenvalue weighted by Gasteiger charge is -2.42. The van der Waals surface area contributed by atoms with E-state index in [1.165, 1.54) is 12.1 Å². The number of carbonyl (C=O) groups is 6. The van der Waals surface area contributed by atoms with Gasteiger partial charge in [-0.05, 0) is 116 Å². The van der Waals surface area contributed by atoms with E-state index in [-0.39, 0.29) is 60.1 Å². The number of H-pyrrole nitrogens is 1. The van der Waals surface area contributed by atoms with Crippen molar-refractivity contribution >= 4 is 63.5 Å². The number of halogens is 2. The van der Waals surface area contributed by atoms with E-state index in [2.05, 4.69) is 31.0 Å². The lowest BCUT2D eigenvalue weighted by atomic mass is 9.70. The number of benzene rings is 4. The number of piperidine rings is 1. The van der Waals surface area contributed by atoms with Crippen molar-refractivity contribution in [1.82, 2.24) is 25.3 Å². The topological polar surface area (TPSA) is 186 Å². The molecule has 334 valence electrons. The third kappa shape index (κ3) is 8.31. The maximum Gasteiger partial charge on any atom is 0.262 e. The number of carbonyl (C=O) groups excluding carboxylic acids is 6. The molecule has 1 aliphatic carbocycles. The number of nitrogens with zero attached hydrogens (tertiary/aromatic N) is 4. The van der Waals surface area contributed by atoms with E-state index in [0.29, 0.717) is 85.8 Å². The molecule has 0 bridgehead atoms. The van der Waals surface area contributed by atoms with Crippen LogP contribution < -0.4 is 20.9 Å². The number of anilines is 3. The van der Waals surface area contributed by atoms with Crippen LogP contribution in [0.3, 0.4) is 0 Å². The number of hydrogen-bond acceptors (Lipinski definition) is 10. The Hall–Kier alpha value is -7.01. The Kier molecular flexibility index (Phi) is 11.1. The summed E-state index contributed by atoms with van der Waals surface area (Å²) in [6.07, 6.45) is 3.23. The maximum atomic E-state index is 14.0. The minimum Gasteiger partial charge on any atom is -0.381 e. The first-order valence-electron chi connectivity index (χ1n) is 22.1. The van der Waals surface area contributed by atoms with E-state index in [9.17, 15) is 37.5 Å². The normalized spacial score (nSPS) is 21.3.